The van der Waals surface area contributed by atoms with Gasteiger partial charge in [-0.15, -0.1) is 0 Å². The van der Waals surface area contributed by atoms with Crippen LogP contribution in [0, 0.1) is 13.8 Å². The molecule has 1 unspecified atom stereocenters. The molecule has 3 aliphatic carbocycles. The minimum absolute atomic E-state index is 0. The number of hydrogen-bond acceptors (Lipinski definition) is 0. The number of hydrogen-bond donors (Lipinski definition) is 0. The Hall–Kier alpha value is -0.847. The number of benzene rings is 2. The van der Waals surface area contributed by atoms with E-state index in [2.05, 4.69) is 76.3 Å². The van der Waals surface area contributed by atoms with Crippen molar-refractivity contribution in [1.82, 2.24) is 0 Å². The largest absolute Gasteiger partial charge is 1.00 e. The van der Waals surface area contributed by atoms with E-state index < -0.39 is 0 Å². The van der Waals surface area contributed by atoms with Gasteiger partial charge in [0.05, 0.1) is 0 Å². The van der Waals surface area contributed by atoms with Crippen molar-refractivity contribution in [3.63, 3.8) is 0 Å². The first-order valence-corrected chi connectivity index (χ1v) is 11.6. The van der Waals surface area contributed by atoms with Crippen LogP contribution in [0.3, 0.4) is 0 Å². The van der Waals surface area contributed by atoms with Gasteiger partial charge in [0.25, 0.3) is 0 Å². The van der Waals surface area contributed by atoms with E-state index in [9.17, 15) is 0 Å². The summed E-state index contributed by atoms with van der Waals surface area (Å²) in [5, 5.41) is 0. The predicted molar refractivity (Wildman–Crippen MR) is 116 cm³/mol. The van der Waals surface area contributed by atoms with Crippen LogP contribution in [-0.2, 0) is 24.7 Å². The van der Waals surface area contributed by atoms with Gasteiger partial charge in [-0.2, -0.15) is 0 Å². The van der Waals surface area contributed by atoms with Gasteiger partial charge in [-0.25, -0.2) is 0 Å². The van der Waals surface area contributed by atoms with Gasteiger partial charge in [0.15, 0.2) is 0 Å². The molecule has 0 spiro atoms. The Kier molecular flexibility index (Phi) is 8.49. The van der Waals surface area contributed by atoms with E-state index in [4.69, 9.17) is 0 Å². The molecule has 0 fully saturated rings. The van der Waals surface area contributed by atoms with Gasteiger partial charge in [-0.1, -0.05) is 0 Å². The van der Waals surface area contributed by atoms with Crippen molar-refractivity contribution in [3.05, 3.63) is 93.1 Å². The Balaban J connectivity index is 0.00000114. The summed E-state index contributed by atoms with van der Waals surface area (Å²) < 4.78 is 0.539. The molecule has 3 aliphatic rings. The summed E-state index contributed by atoms with van der Waals surface area (Å²) in [6.07, 6.45) is 11.4. The summed E-state index contributed by atoms with van der Waals surface area (Å²) in [6.45, 7) is 9.12. The molecular formula is C27H25Cl3Zr. The minimum atomic E-state index is 0. The molecule has 0 amide bonds. The predicted octanol–water partition coefficient (Wildman–Crippen LogP) is -1.60. The molecule has 0 aromatic heterocycles. The van der Waals surface area contributed by atoms with Crippen LogP contribution in [0.15, 0.2) is 59.7 Å². The molecule has 0 heterocycles. The summed E-state index contributed by atoms with van der Waals surface area (Å²) in [4.78, 5) is 0. The molecule has 0 saturated carbocycles. The Labute approximate surface area is 220 Å². The smallest absolute Gasteiger partial charge is 1.00 e. The van der Waals surface area contributed by atoms with Crippen LogP contribution in [0.1, 0.15) is 63.7 Å². The van der Waals surface area contributed by atoms with Crippen molar-refractivity contribution in [2.45, 2.75) is 44.2 Å². The Bertz CT molecular complexity index is 1170. The SMILES string of the molecule is CC1=C(c2cc3c(c(C4=C(C)C=CC4)c2C)[CH]([Zr+3])c2cc(C)ccc2-3)CC=C1.[Cl-].[Cl-].[Cl-]. The molecule has 31 heavy (non-hydrogen) atoms. The van der Waals surface area contributed by atoms with Gasteiger partial charge in [0.1, 0.15) is 0 Å². The van der Waals surface area contributed by atoms with Crippen LogP contribution in [0.2, 0.25) is 0 Å². The van der Waals surface area contributed by atoms with Gasteiger partial charge in [-0.3, -0.25) is 0 Å². The van der Waals surface area contributed by atoms with E-state index in [1.165, 1.54) is 61.2 Å². The fraction of sp³-hybridized carbons (Fsp3) is 0.259. The van der Waals surface area contributed by atoms with E-state index in [-0.39, 0.29) is 37.2 Å². The van der Waals surface area contributed by atoms with Crippen LogP contribution in [0.4, 0.5) is 0 Å². The third-order valence-electron chi connectivity index (χ3n) is 6.68. The van der Waals surface area contributed by atoms with Crippen molar-refractivity contribution in [2.75, 3.05) is 0 Å². The molecule has 158 valence electrons. The average molecular weight is 547 g/mol. The minimum Gasteiger partial charge on any atom is -1.00 e. The first-order valence-electron chi connectivity index (χ1n) is 10.2. The first-order chi connectivity index (χ1) is 13.5. The van der Waals surface area contributed by atoms with Crippen LogP contribution in [0.25, 0.3) is 22.3 Å². The van der Waals surface area contributed by atoms with Crippen molar-refractivity contribution in [2.24, 2.45) is 0 Å². The molecule has 4 heteroatoms. The molecule has 2 aromatic rings. The maximum Gasteiger partial charge on any atom is -1.00 e. The summed E-state index contributed by atoms with van der Waals surface area (Å²) in [5.41, 5.74) is 17.8. The Morgan fingerprint density at radius 1 is 0.742 bits per heavy atom. The second kappa shape index (κ2) is 9.97. The summed E-state index contributed by atoms with van der Waals surface area (Å²) in [6, 6.07) is 9.57. The molecule has 1 atom stereocenters. The van der Waals surface area contributed by atoms with Crippen molar-refractivity contribution >= 4 is 11.1 Å². The van der Waals surface area contributed by atoms with Crippen molar-refractivity contribution in [1.29, 1.82) is 0 Å². The molecule has 0 bridgehead atoms. The zero-order chi connectivity index (χ0) is 19.6. The molecule has 0 aliphatic heterocycles. The Morgan fingerprint density at radius 3 is 1.94 bits per heavy atom. The second-order valence-corrected chi connectivity index (χ2v) is 9.86. The van der Waals surface area contributed by atoms with Crippen molar-refractivity contribution < 1.29 is 61.9 Å². The topological polar surface area (TPSA) is 0 Å². The van der Waals surface area contributed by atoms with E-state index in [1.807, 2.05) is 0 Å². The van der Waals surface area contributed by atoms with Gasteiger partial charge < -0.3 is 37.2 Å². The summed E-state index contributed by atoms with van der Waals surface area (Å²) in [7, 11) is 0. The number of allylic oxidation sites excluding steroid dienone is 8. The van der Waals surface area contributed by atoms with Crippen LogP contribution in [0.5, 0.6) is 0 Å². The summed E-state index contributed by atoms with van der Waals surface area (Å²) >= 11 is 1.59. The molecule has 0 saturated heterocycles. The van der Waals surface area contributed by atoms with Crippen LogP contribution in [-0.4, -0.2) is 0 Å². The van der Waals surface area contributed by atoms with E-state index >= 15 is 0 Å². The van der Waals surface area contributed by atoms with Gasteiger partial charge >= 0.3 is 184 Å². The third-order valence-corrected chi connectivity index (χ3v) is 8.16. The molecule has 0 N–H and O–H groups in total. The van der Waals surface area contributed by atoms with Gasteiger partial charge in [0.2, 0.25) is 0 Å². The standard InChI is InChI=1S/C27H25.3ClH.Zr/c1-16-11-12-23-20(13-16)14-26-25(23)15-24(21-9-5-7-17(21)2)19(4)27(26)22-10-6-8-18(22)3;;;;/h5-8,11-15H,9-10H2,1-4H3;3*1H;/q;;;;+3/p-3. The normalized spacial score (nSPS) is 17.9. The molecule has 0 radical (unpaired) electrons. The van der Waals surface area contributed by atoms with Gasteiger partial charge in [0, 0.05) is 0 Å². The summed E-state index contributed by atoms with van der Waals surface area (Å²) in [5.74, 6) is 0. The zero-order valence-corrected chi connectivity index (χ0v) is 23.0. The zero-order valence-electron chi connectivity index (χ0n) is 18.2. The third kappa shape index (κ3) is 4.13. The fourth-order valence-corrected chi connectivity index (χ4v) is 6.52. The fourth-order valence-electron chi connectivity index (χ4n) is 5.20. The van der Waals surface area contributed by atoms with E-state index in [1.54, 1.807) is 30.3 Å². The monoisotopic (exact) mass is 544 g/mol. The molecule has 2 aromatic carbocycles. The second-order valence-electron chi connectivity index (χ2n) is 8.45. The molecular weight excluding hydrogens is 522 g/mol. The number of fused-ring (bicyclic) bond motifs is 3. The van der Waals surface area contributed by atoms with Crippen LogP contribution < -0.4 is 37.2 Å². The average Bonchev–Trinajstić information content (AvgIpc) is 3.35. The van der Waals surface area contributed by atoms with Crippen LogP contribution >= 0.6 is 0 Å². The van der Waals surface area contributed by atoms with E-state index in [0.717, 1.165) is 12.8 Å². The maximum absolute atomic E-state index is 2.51. The molecule has 0 nitrogen and oxygen atoms in total. The number of rotatable bonds is 2. The Morgan fingerprint density at radius 2 is 1.35 bits per heavy atom. The van der Waals surface area contributed by atoms with E-state index in [0.29, 0.717) is 3.63 Å². The quantitative estimate of drug-likeness (QED) is 0.426. The van der Waals surface area contributed by atoms with Crippen molar-refractivity contribution in [3.8, 4) is 11.1 Å². The first kappa shape index (κ1) is 26.4. The number of halogens is 3. The number of aryl methyl sites for hydroxylation is 1. The molecule has 5 rings (SSSR count). The maximum atomic E-state index is 2.51. The van der Waals surface area contributed by atoms with Gasteiger partial charge in [-0.05, 0) is 0 Å².